The van der Waals surface area contributed by atoms with Gasteiger partial charge in [-0.15, -0.1) is 11.8 Å². The molecule has 1 aromatic heterocycles. The van der Waals surface area contributed by atoms with E-state index in [0.717, 1.165) is 4.90 Å². The summed E-state index contributed by atoms with van der Waals surface area (Å²) >= 11 is 1.59. The number of carboxylic acids is 1. The average molecular weight is 250 g/mol. The van der Waals surface area contributed by atoms with Crippen LogP contribution in [-0.2, 0) is 0 Å². The standard InChI is InChI=1S/C11H10N2O3S/c1-17-7-4-2-6(3-5-7)9-8(11(15)16)10(14)13-12-9/h2-5H,1H3,(H,15,16)(H2,12,13,14). The number of aromatic carboxylic acids is 1. The van der Waals surface area contributed by atoms with E-state index < -0.39 is 11.5 Å². The molecule has 3 N–H and O–H groups in total. The number of aromatic amines is 2. The zero-order valence-electron chi connectivity index (χ0n) is 8.98. The quantitative estimate of drug-likeness (QED) is 0.725. The van der Waals surface area contributed by atoms with Crippen LogP contribution >= 0.6 is 11.8 Å². The molecule has 5 nitrogen and oxygen atoms in total. The highest BCUT2D eigenvalue weighted by Gasteiger charge is 2.18. The van der Waals surface area contributed by atoms with Gasteiger partial charge in [-0.3, -0.25) is 15.0 Å². The number of carboxylic acid groups (broad SMARTS) is 1. The van der Waals surface area contributed by atoms with Gasteiger partial charge in [0.05, 0.1) is 5.69 Å². The van der Waals surface area contributed by atoms with E-state index in [0.29, 0.717) is 11.3 Å². The molecule has 0 saturated carbocycles. The molecule has 0 spiro atoms. The Morgan fingerprint density at radius 1 is 1.24 bits per heavy atom. The van der Waals surface area contributed by atoms with E-state index >= 15 is 0 Å². The van der Waals surface area contributed by atoms with Crippen molar-refractivity contribution in [1.29, 1.82) is 0 Å². The third-order valence-corrected chi connectivity index (χ3v) is 3.11. The second kappa shape index (κ2) is 4.50. The van der Waals surface area contributed by atoms with Gasteiger partial charge >= 0.3 is 5.97 Å². The smallest absolute Gasteiger partial charge is 0.343 e. The highest BCUT2D eigenvalue weighted by atomic mass is 32.2. The fourth-order valence-electron chi connectivity index (χ4n) is 1.54. The summed E-state index contributed by atoms with van der Waals surface area (Å²) < 4.78 is 0. The van der Waals surface area contributed by atoms with Gasteiger partial charge in [0.1, 0.15) is 0 Å². The molecule has 88 valence electrons. The van der Waals surface area contributed by atoms with Crippen LogP contribution in [0.2, 0.25) is 0 Å². The van der Waals surface area contributed by atoms with E-state index in [9.17, 15) is 9.59 Å². The monoisotopic (exact) mass is 250 g/mol. The van der Waals surface area contributed by atoms with E-state index in [4.69, 9.17) is 5.11 Å². The summed E-state index contributed by atoms with van der Waals surface area (Å²) in [5, 5.41) is 13.8. The molecular weight excluding hydrogens is 240 g/mol. The van der Waals surface area contributed by atoms with Crippen molar-refractivity contribution in [3.63, 3.8) is 0 Å². The predicted octanol–water partition coefficient (Wildman–Crippen LogP) is 1.79. The van der Waals surface area contributed by atoms with Gasteiger partial charge in [-0.05, 0) is 18.4 Å². The number of hydrogen-bond acceptors (Lipinski definition) is 3. The minimum absolute atomic E-state index is 0.262. The number of rotatable bonds is 3. The fourth-order valence-corrected chi connectivity index (χ4v) is 1.94. The molecule has 0 aliphatic carbocycles. The largest absolute Gasteiger partial charge is 0.477 e. The maximum absolute atomic E-state index is 11.3. The molecule has 0 atom stereocenters. The molecule has 0 saturated heterocycles. The predicted molar refractivity (Wildman–Crippen MR) is 65.6 cm³/mol. The molecule has 0 bridgehead atoms. The summed E-state index contributed by atoms with van der Waals surface area (Å²) in [5.41, 5.74) is 0.0806. The molecule has 0 aliphatic heterocycles. The Labute approximate surface area is 101 Å². The Morgan fingerprint density at radius 3 is 2.41 bits per heavy atom. The Bertz CT molecular complexity index is 598. The highest BCUT2D eigenvalue weighted by Crippen LogP contribution is 2.22. The lowest BCUT2D eigenvalue weighted by molar-refractivity contribution is 0.0696. The number of aromatic nitrogens is 2. The highest BCUT2D eigenvalue weighted by molar-refractivity contribution is 7.98. The minimum Gasteiger partial charge on any atom is -0.477 e. The van der Waals surface area contributed by atoms with Gasteiger partial charge in [-0.25, -0.2) is 4.79 Å². The number of carbonyl (C=O) groups is 1. The lowest BCUT2D eigenvalue weighted by Crippen LogP contribution is -2.12. The van der Waals surface area contributed by atoms with Crippen molar-refractivity contribution < 1.29 is 9.90 Å². The topological polar surface area (TPSA) is 86.0 Å². The third kappa shape index (κ3) is 2.12. The first-order valence-corrected chi connectivity index (χ1v) is 6.04. The van der Waals surface area contributed by atoms with Crippen LogP contribution in [0.15, 0.2) is 34.0 Å². The molecule has 0 aliphatic rings. The van der Waals surface area contributed by atoms with Gasteiger partial charge in [0.2, 0.25) is 0 Å². The summed E-state index contributed by atoms with van der Waals surface area (Å²) in [6, 6.07) is 7.29. The molecule has 1 aromatic carbocycles. The van der Waals surface area contributed by atoms with Gasteiger partial charge in [0.25, 0.3) is 5.56 Å². The van der Waals surface area contributed by atoms with E-state index in [1.54, 1.807) is 23.9 Å². The number of nitrogens with one attached hydrogen (secondary N) is 2. The van der Waals surface area contributed by atoms with Crippen LogP contribution in [-0.4, -0.2) is 27.5 Å². The van der Waals surface area contributed by atoms with Crippen molar-refractivity contribution in [2.24, 2.45) is 0 Å². The second-order valence-corrected chi connectivity index (χ2v) is 4.24. The summed E-state index contributed by atoms with van der Waals surface area (Å²) in [4.78, 5) is 23.3. The summed E-state index contributed by atoms with van der Waals surface area (Å²) in [5.74, 6) is -1.24. The van der Waals surface area contributed by atoms with E-state index in [-0.39, 0.29) is 5.56 Å². The summed E-state index contributed by atoms with van der Waals surface area (Å²) in [7, 11) is 0. The molecule has 1 heterocycles. The number of hydrogen-bond donors (Lipinski definition) is 3. The Kier molecular flexibility index (Phi) is 3.06. The third-order valence-electron chi connectivity index (χ3n) is 2.37. The van der Waals surface area contributed by atoms with Gasteiger partial charge in [0.15, 0.2) is 5.56 Å². The lowest BCUT2D eigenvalue weighted by atomic mass is 10.1. The SMILES string of the molecule is CSc1ccc(-c2[nH][nH]c(=O)c2C(=O)O)cc1. The van der Waals surface area contributed by atoms with E-state index in [2.05, 4.69) is 10.2 Å². The number of H-pyrrole nitrogens is 2. The minimum atomic E-state index is -1.24. The van der Waals surface area contributed by atoms with Crippen LogP contribution in [0.5, 0.6) is 0 Å². The number of thioether (sulfide) groups is 1. The molecule has 0 unspecified atom stereocenters. The first kappa shape index (κ1) is 11.5. The molecule has 2 aromatic rings. The maximum atomic E-state index is 11.3. The van der Waals surface area contributed by atoms with Crippen LogP contribution in [0.1, 0.15) is 10.4 Å². The zero-order chi connectivity index (χ0) is 12.4. The van der Waals surface area contributed by atoms with Crippen LogP contribution in [0.4, 0.5) is 0 Å². The molecule has 0 radical (unpaired) electrons. The van der Waals surface area contributed by atoms with Crippen molar-refractivity contribution >= 4 is 17.7 Å². The molecule has 0 fully saturated rings. The van der Waals surface area contributed by atoms with Crippen LogP contribution < -0.4 is 5.56 Å². The van der Waals surface area contributed by atoms with Crippen molar-refractivity contribution in [2.75, 3.05) is 6.26 Å². The van der Waals surface area contributed by atoms with Crippen molar-refractivity contribution in [3.8, 4) is 11.3 Å². The molecule has 17 heavy (non-hydrogen) atoms. The van der Waals surface area contributed by atoms with Crippen LogP contribution in [0.3, 0.4) is 0 Å². The summed E-state index contributed by atoms with van der Waals surface area (Å²) in [6.07, 6.45) is 1.95. The van der Waals surface area contributed by atoms with Crippen LogP contribution in [0, 0.1) is 0 Å². The van der Waals surface area contributed by atoms with E-state index in [1.165, 1.54) is 0 Å². The van der Waals surface area contributed by atoms with Gasteiger partial charge in [-0.1, -0.05) is 12.1 Å². The number of benzene rings is 1. The molecular formula is C11H10N2O3S. The zero-order valence-corrected chi connectivity index (χ0v) is 9.80. The van der Waals surface area contributed by atoms with Gasteiger partial charge < -0.3 is 5.11 Å². The van der Waals surface area contributed by atoms with E-state index in [1.807, 2.05) is 18.4 Å². The molecule has 0 amide bonds. The molecule has 6 heteroatoms. The first-order valence-electron chi connectivity index (χ1n) is 4.82. The first-order chi connectivity index (χ1) is 8.13. The van der Waals surface area contributed by atoms with Gasteiger partial charge in [-0.2, -0.15) is 0 Å². The average Bonchev–Trinajstić information content (AvgIpc) is 2.71. The Morgan fingerprint density at radius 2 is 1.88 bits per heavy atom. The van der Waals surface area contributed by atoms with Crippen molar-refractivity contribution in [3.05, 3.63) is 40.2 Å². The maximum Gasteiger partial charge on any atom is 0.343 e. The normalized spacial score (nSPS) is 10.4. The van der Waals surface area contributed by atoms with Crippen LogP contribution in [0.25, 0.3) is 11.3 Å². The van der Waals surface area contributed by atoms with Crippen molar-refractivity contribution in [1.82, 2.24) is 10.2 Å². The Hall–Kier alpha value is -1.95. The lowest BCUT2D eigenvalue weighted by Gasteiger charge is -2.01. The molecule has 2 rings (SSSR count). The van der Waals surface area contributed by atoms with Crippen molar-refractivity contribution in [2.45, 2.75) is 4.90 Å². The summed E-state index contributed by atoms with van der Waals surface area (Å²) in [6.45, 7) is 0. The Balaban J connectivity index is 2.53. The second-order valence-electron chi connectivity index (χ2n) is 3.36. The fraction of sp³-hybridized carbons (Fsp3) is 0.0909. The van der Waals surface area contributed by atoms with Gasteiger partial charge in [0, 0.05) is 10.5 Å².